The van der Waals surface area contributed by atoms with E-state index in [4.69, 9.17) is 0 Å². The standard InChI is InChI=1S/C8H13N3O2S/c1-7-3-2-4-11(7)14(12,13)8-5-9-6-10-8/h5-7H,2-4H2,1H3,(H,9,10). The van der Waals surface area contributed by atoms with E-state index in [2.05, 4.69) is 9.97 Å². The zero-order chi connectivity index (χ0) is 10.2. The summed E-state index contributed by atoms with van der Waals surface area (Å²) in [5.41, 5.74) is 0. The van der Waals surface area contributed by atoms with Crippen LogP contribution >= 0.6 is 0 Å². The van der Waals surface area contributed by atoms with Gasteiger partial charge in [-0.25, -0.2) is 13.4 Å². The van der Waals surface area contributed by atoms with Gasteiger partial charge in [-0.15, -0.1) is 0 Å². The average Bonchev–Trinajstić information content (AvgIpc) is 2.72. The van der Waals surface area contributed by atoms with Gasteiger partial charge in [0.25, 0.3) is 10.0 Å². The van der Waals surface area contributed by atoms with Crippen molar-refractivity contribution in [2.75, 3.05) is 6.54 Å². The van der Waals surface area contributed by atoms with Gasteiger partial charge in [-0.05, 0) is 19.8 Å². The van der Waals surface area contributed by atoms with Crippen molar-refractivity contribution in [3.63, 3.8) is 0 Å². The molecule has 0 amide bonds. The quantitative estimate of drug-likeness (QED) is 0.785. The Bertz CT molecular complexity index is 398. The number of hydrogen-bond acceptors (Lipinski definition) is 3. The number of sulfonamides is 1. The van der Waals surface area contributed by atoms with Crippen molar-refractivity contribution in [2.45, 2.75) is 30.8 Å². The molecule has 0 aliphatic carbocycles. The van der Waals surface area contributed by atoms with Gasteiger partial charge >= 0.3 is 0 Å². The molecule has 1 fully saturated rings. The fourth-order valence-electron chi connectivity index (χ4n) is 1.77. The average molecular weight is 215 g/mol. The van der Waals surface area contributed by atoms with Crippen molar-refractivity contribution in [3.8, 4) is 0 Å². The minimum atomic E-state index is -3.33. The summed E-state index contributed by atoms with van der Waals surface area (Å²) in [7, 11) is -3.33. The maximum Gasteiger partial charge on any atom is 0.260 e. The second-order valence-corrected chi connectivity index (χ2v) is 5.38. The fraction of sp³-hybridized carbons (Fsp3) is 0.625. The van der Waals surface area contributed by atoms with E-state index in [-0.39, 0.29) is 11.1 Å². The highest BCUT2D eigenvalue weighted by atomic mass is 32.2. The molecule has 1 N–H and O–H groups in total. The van der Waals surface area contributed by atoms with Crippen LogP contribution in [0.15, 0.2) is 17.6 Å². The third kappa shape index (κ3) is 1.44. The molecule has 1 saturated heterocycles. The summed E-state index contributed by atoms with van der Waals surface area (Å²) in [5, 5.41) is 0.186. The van der Waals surface area contributed by atoms with Gasteiger partial charge in [0, 0.05) is 12.6 Å². The van der Waals surface area contributed by atoms with E-state index in [1.807, 2.05) is 6.92 Å². The highest BCUT2D eigenvalue weighted by Crippen LogP contribution is 2.23. The Balaban J connectivity index is 2.33. The second kappa shape index (κ2) is 3.36. The Morgan fingerprint density at radius 1 is 1.64 bits per heavy atom. The van der Waals surface area contributed by atoms with Crippen LogP contribution in [0.1, 0.15) is 19.8 Å². The minimum absolute atomic E-state index is 0.100. The second-order valence-electron chi connectivity index (χ2n) is 3.52. The molecule has 1 atom stereocenters. The van der Waals surface area contributed by atoms with Crippen LogP contribution in [0.4, 0.5) is 0 Å². The zero-order valence-corrected chi connectivity index (χ0v) is 8.79. The molecule has 6 heteroatoms. The third-order valence-corrected chi connectivity index (χ3v) is 4.49. The summed E-state index contributed by atoms with van der Waals surface area (Å²) in [6.45, 7) is 2.55. The molecule has 2 rings (SSSR count). The van der Waals surface area contributed by atoms with Crippen LogP contribution in [-0.4, -0.2) is 35.3 Å². The van der Waals surface area contributed by atoms with Crippen LogP contribution in [0.2, 0.25) is 0 Å². The smallest absolute Gasteiger partial charge is 0.260 e. The molecule has 14 heavy (non-hydrogen) atoms. The first-order valence-corrected chi connectivity index (χ1v) is 6.06. The number of H-pyrrole nitrogens is 1. The van der Waals surface area contributed by atoms with Gasteiger partial charge in [-0.2, -0.15) is 4.31 Å². The van der Waals surface area contributed by atoms with Crippen LogP contribution in [0.3, 0.4) is 0 Å². The number of aromatic amines is 1. The SMILES string of the molecule is CC1CCCN1S(=O)(=O)c1cnc[nH]1. The number of aromatic nitrogens is 2. The molecule has 0 aromatic carbocycles. The van der Waals surface area contributed by atoms with Gasteiger partial charge in [0.15, 0.2) is 5.03 Å². The molecule has 1 aromatic heterocycles. The predicted molar refractivity (Wildman–Crippen MR) is 51.2 cm³/mol. The lowest BCUT2D eigenvalue weighted by Gasteiger charge is -2.19. The molecule has 2 heterocycles. The molecule has 0 spiro atoms. The summed E-state index contributed by atoms with van der Waals surface area (Å²) >= 11 is 0. The monoisotopic (exact) mass is 215 g/mol. The van der Waals surface area contributed by atoms with Crippen LogP contribution < -0.4 is 0 Å². The maximum absolute atomic E-state index is 12.0. The lowest BCUT2D eigenvalue weighted by Crippen LogP contribution is -2.33. The molecule has 1 unspecified atom stereocenters. The van der Waals surface area contributed by atoms with Crippen LogP contribution in [0, 0.1) is 0 Å². The van der Waals surface area contributed by atoms with E-state index in [1.165, 1.54) is 16.8 Å². The number of imidazole rings is 1. The third-order valence-electron chi connectivity index (χ3n) is 2.55. The molecule has 1 aliphatic heterocycles. The van der Waals surface area contributed by atoms with Crippen molar-refractivity contribution in [2.24, 2.45) is 0 Å². The summed E-state index contributed by atoms with van der Waals surface area (Å²) in [6.07, 6.45) is 4.61. The fourth-order valence-corrected chi connectivity index (χ4v) is 3.37. The summed E-state index contributed by atoms with van der Waals surface area (Å²) in [6, 6.07) is 0.100. The van der Waals surface area contributed by atoms with Gasteiger partial charge in [0.05, 0.1) is 12.5 Å². The van der Waals surface area contributed by atoms with Crippen molar-refractivity contribution in [1.82, 2.24) is 14.3 Å². The van der Waals surface area contributed by atoms with E-state index in [1.54, 1.807) is 0 Å². The zero-order valence-electron chi connectivity index (χ0n) is 7.97. The van der Waals surface area contributed by atoms with E-state index < -0.39 is 10.0 Å². The van der Waals surface area contributed by atoms with Gasteiger partial charge in [0.1, 0.15) is 0 Å². The molecular weight excluding hydrogens is 202 g/mol. The van der Waals surface area contributed by atoms with Crippen molar-refractivity contribution in [1.29, 1.82) is 0 Å². The first-order chi connectivity index (χ1) is 6.62. The van der Waals surface area contributed by atoms with Gasteiger partial charge in [-0.3, -0.25) is 0 Å². The van der Waals surface area contributed by atoms with Gasteiger partial charge in [0.2, 0.25) is 0 Å². The molecule has 78 valence electrons. The summed E-state index contributed by atoms with van der Waals surface area (Å²) in [4.78, 5) is 6.36. The van der Waals surface area contributed by atoms with Crippen LogP contribution in [0.5, 0.6) is 0 Å². The van der Waals surface area contributed by atoms with Crippen LogP contribution in [-0.2, 0) is 10.0 Å². The molecule has 0 saturated carbocycles. The van der Waals surface area contributed by atoms with Crippen molar-refractivity contribution >= 4 is 10.0 Å². The molecule has 0 radical (unpaired) electrons. The minimum Gasteiger partial charge on any atom is -0.335 e. The normalized spacial score (nSPS) is 24.2. The number of rotatable bonds is 2. The molecule has 0 bridgehead atoms. The first kappa shape index (κ1) is 9.67. The first-order valence-electron chi connectivity index (χ1n) is 4.62. The Hall–Kier alpha value is -0.880. The van der Waals surface area contributed by atoms with E-state index in [0.717, 1.165) is 12.8 Å². The molecule has 1 aromatic rings. The van der Waals surface area contributed by atoms with E-state index in [9.17, 15) is 8.42 Å². The molecule has 5 nitrogen and oxygen atoms in total. The Morgan fingerprint density at radius 2 is 2.43 bits per heavy atom. The predicted octanol–water partition coefficient (Wildman–Crippen LogP) is 0.583. The van der Waals surface area contributed by atoms with Gasteiger partial charge in [-0.1, -0.05) is 0 Å². The lowest BCUT2D eigenvalue weighted by molar-refractivity contribution is 0.406. The van der Waals surface area contributed by atoms with E-state index >= 15 is 0 Å². The Labute approximate surface area is 83.2 Å². The largest absolute Gasteiger partial charge is 0.335 e. The van der Waals surface area contributed by atoms with Crippen LogP contribution in [0.25, 0.3) is 0 Å². The molecule has 1 aliphatic rings. The number of nitrogens with one attached hydrogen (secondary N) is 1. The lowest BCUT2D eigenvalue weighted by atomic mass is 10.3. The van der Waals surface area contributed by atoms with Crippen molar-refractivity contribution in [3.05, 3.63) is 12.5 Å². The maximum atomic E-state index is 12.0. The van der Waals surface area contributed by atoms with Gasteiger partial charge < -0.3 is 4.98 Å². The highest BCUT2D eigenvalue weighted by Gasteiger charge is 2.33. The van der Waals surface area contributed by atoms with E-state index in [0.29, 0.717) is 6.54 Å². The molecular formula is C8H13N3O2S. The Morgan fingerprint density at radius 3 is 2.93 bits per heavy atom. The summed E-state index contributed by atoms with van der Waals surface area (Å²) in [5.74, 6) is 0. The number of hydrogen-bond donors (Lipinski definition) is 1. The van der Waals surface area contributed by atoms with Crippen molar-refractivity contribution < 1.29 is 8.42 Å². The summed E-state index contributed by atoms with van der Waals surface area (Å²) < 4.78 is 25.4. The highest BCUT2D eigenvalue weighted by molar-refractivity contribution is 7.89. The topological polar surface area (TPSA) is 66.1 Å². The Kier molecular flexibility index (Phi) is 2.32. The number of nitrogens with zero attached hydrogens (tertiary/aromatic N) is 2.